The highest BCUT2D eigenvalue weighted by atomic mass is 16.5. The fourth-order valence-corrected chi connectivity index (χ4v) is 3.59. The third-order valence-corrected chi connectivity index (χ3v) is 5.33. The van der Waals surface area contributed by atoms with Crippen LogP contribution < -0.4 is 10.6 Å². The van der Waals surface area contributed by atoms with Gasteiger partial charge in [-0.2, -0.15) is 0 Å². The van der Waals surface area contributed by atoms with Crippen LogP contribution in [0.15, 0.2) is 36.9 Å². The Morgan fingerprint density at radius 2 is 1.93 bits per heavy atom. The maximum absolute atomic E-state index is 5.88. The molecule has 9 heteroatoms. The molecule has 30 heavy (non-hydrogen) atoms. The molecule has 0 atom stereocenters. The normalized spacial score (nSPS) is 14.9. The largest absolute Gasteiger partial charge is 0.397 e. The summed E-state index contributed by atoms with van der Waals surface area (Å²) in [5, 5.41) is 8.60. The minimum absolute atomic E-state index is 0.594. The van der Waals surface area contributed by atoms with Crippen LogP contribution in [0.5, 0.6) is 0 Å². The fourth-order valence-electron chi connectivity index (χ4n) is 3.59. The van der Waals surface area contributed by atoms with Crippen molar-refractivity contribution in [3.63, 3.8) is 0 Å². The smallest absolute Gasteiger partial charge is 0.115 e. The van der Waals surface area contributed by atoms with Gasteiger partial charge >= 0.3 is 0 Å². The molecule has 4 rings (SSSR count). The molecule has 158 valence electrons. The minimum Gasteiger partial charge on any atom is -0.397 e. The highest BCUT2D eigenvalue weighted by Gasteiger charge is 2.18. The van der Waals surface area contributed by atoms with E-state index in [2.05, 4.69) is 36.1 Å². The van der Waals surface area contributed by atoms with Crippen LogP contribution in [-0.4, -0.2) is 75.8 Å². The summed E-state index contributed by atoms with van der Waals surface area (Å²) in [5.41, 5.74) is 10.9. The third kappa shape index (κ3) is 4.58. The molecule has 2 N–H and O–H groups in total. The lowest BCUT2D eigenvalue weighted by Gasteiger charge is -2.35. The summed E-state index contributed by atoms with van der Waals surface area (Å²) in [6.07, 6.45) is 7.26. The second-order valence-electron chi connectivity index (χ2n) is 7.38. The van der Waals surface area contributed by atoms with E-state index >= 15 is 0 Å². The van der Waals surface area contributed by atoms with E-state index in [-0.39, 0.29) is 0 Å². The zero-order chi connectivity index (χ0) is 20.9. The van der Waals surface area contributed by atoms with Crippen LogP contribution in [0.4, 0.5) is 11.4 Å². The van der Waals surface area contributed by atoms with E-state index in [9.17, 15) is 0 Å². The molecule has 0 radical (unpaired) electrons. The maximum Gasteiger partial charge on any atom is 0.115 e. The van der Waals surface area contributed by atoms with Crippen molar-refractivity contribution in [1.29, 1.82) is 0 Å². The third-order valence-electron chi connectivity index (χ3n) is 5.33. The molecule has 0 aliphatic carbocycles. The Kier molecular flexibility index (Phi) is 6.20. The first kappa shape index (κ1) is 20.2. The number of aryl methyl sites for hydroxylation is 1. The van der Waals surface area contributed by atoms with Gasteiger partial charge in [0.2, 0.25) is 0 Å². The molecule has 0 spiro atoms. The van der Waals surface area contributed by atoms with Crippen molar-refractivity contribution in [2.75, 3.05) is 56.6 Å². The molecular formula is C21H28N8O. The maximum atomic E-state index is 5.88. The van der Waals surface area contributed by atoms with E-state index in [4.69, 9.17) is 10.5 Å². The number of piperazine rings is 1. The highest BCUT2D eigenvalue weighted by Crippen LogP contribution is 2.24. The van der Waals surface area contributed by atoms with Crippen LogP contribution in [0.1, 0.15) is 12.6 Å². The number of nitrogens with two attached hydrogens (primary N) is 1. The number of rotatable bonds is 7. The molecule has 0 unspecified atom stereocenters. The van der Waals surface area contributed by atoms with E-state index in [1.807, 2.05) is 38.5 Å². The molecule has 4 heterocycles. The first-order valence-electron chi connectivity index (χ1n) is 10.3. The van der Waals surface area contributed by atoms with Gasteiger partial charge in [-0.3, -0.25) is 14.9 Å². The SMILES string of the molecule is CCOCCN1CCN(c2cncc(-c3cn(-c4cc(N)cnc4C)nn3)c2)CC1. The van der Waals surface area contributed by atoms with E-state index < -0.39 is 0 Å². The summed E-state index contributed by atoms with van der Waals surface area (Å²) in [6.45, 7) is 10.5. The number of aromatic nitrogens is 5. The lowest BCUT2D eigenvalue weighted by atomic mass is 10.2. The van der Waals surface area contributed by atoms with Crippen LogP contribution in [0.25, 0.3) is 16.9 Å². The zero-order valence-corrected chi connectivity index (χ0v) is 17.5. The van der Waals surface area contributed by atoms with Gasteiger partial charge in [0.15, 0.2) is 0 Å². The molecular weight excluding hydrogens is 380 g/mol. The van der Waals surface area contributed by atoms with Gasteiger partial charge < -0.3 is 15.4 Å². The molecule has 0 amide bonds. The highest BCUT2D eigenvalue weighted by molar-refractivity contribution is 5.64. The average Bonchev–Trinajstić information content (AvgIpc) is 3.26. The second-order valence-corrected chi connectivity index (χ2v) is 7.38. The van der Waals surface area contributed by atoms with Gasteiger partial charge in [0.1, 0.15) is 5.69 Å². The lowest BCUT2D eigenvalue weighted by molar-refractivity contribution is 0.111. The first-order valence-corrected chi connectivity index (χ1v) is 10.3. The van der Waals surface area contributed by atoms with Gasteiger partial charge in [0, 0.05) is 51.1 Å². The van der Waals surface area contributed by atoms with E-state index in [0.29, 0.717) is 5.69 Å². The van der Waals surface area contributed by atoms with Crippen LogP contribution in [0.3, 0.4) is 0 Å². The Balaban J connectivity index is 1.46. The molecule has 1 aliphatic rings. The summed E-state index contributed by atoms with van der Waals surface area (Å²) in [4.78, 5) is 13.5. The molecule has 1 aliphatic heterocycles. The van der Waals surface area contributed by atoms with Crippen molar-refractivity contribution in [3.05, 3.63) is 42.6 Å². The number of nitrogens with zero attached hydrogens (tertiary/aromatic N) is 7. The predicted molar refractivity (Wildman–Crippen MR) is 117 cm³/mol. The van der Waals surface area contributed by atoms with Gasteiger partial charge in [0.25, 0.3) is 0 Å². The van der Waals surface area contributed by atoms with Crippen LogP contribution in [0.2, 0.25) is 0 Å². The summed E-state index contributed by atoms with van der Waals surface area (Å²) >= 11 is 0. The summed E-state index contributed by atoms with van der Waals surface area (Å²) < 4.78 is 7.18. The average molecular weight is 409 g/mol. The van der Waals surface area contributed by atoms with Crippen LogP contribution >= 0.6 is 0 Å². The number of ether oxygens (including phenoxy) is 1. The molecule has 9 nitrogen and oxygen atoms in total. The Morgan fingerprint density at radius 1 is 1.10 bits per heavy atom. The van der Waals surface area contributed by atoms with Crippen molar-refractivity contribution >= 4 is 11.4 Å². The Labute approximate surface area is 176 Å². The molecule has 1 fully saturated rings. The lowest BCUT2D eigenvalue weighted by Crippen LogP contribution is -2.47. The zero-order valence-electron chi connectivity index (χ0n) is 17.5. The van der Waals surface area contributed by atoms with Crippen LogP contribution in [0, 0.1) is 6.92 Å². The number of hydrogen-bond donors (Lipinski definition) is 1. The topological polar surface area (TPSA) is 98.2 Å². The molecule has 1 saturated heterocycles. The predicted octanol–water partition coefficient (Wildman–Crippen LogP) is 1.77. The fraction of sp³-hybridized carbons (Fsp3) is 0.429. The summed E-state index contributed by atoms with van der Waals surface area (Å²) in [5.74, 6) is 0. The Morgan fingerprint density at radius 3 is 2.73 bits per heavy atom. The van der Waals surface area contributed by atoms with Gasteiger partial charge in [-0.25, -0.2) is 4.68 Å². The minimum atomic E-state index is 0.594. The Bertz CT molecular complexity index is 981. The van der Waals surface area contributed by atoms with Crippen molar-refractivity contribution in [2.24, 2.45) is 0 Å². The quantitative estimate of drug-likeness (QED) is 0.591. The molecule has 3 aromatic rings. The monoisotopic (exact) mass is 408 g/mol. The van der Waals surface area contributed by atoms with E-state index in [0.717, 1.165) is 74.3 Å². The van der Waals surface area contributed by atoms with Crippen molar-refractivity contribution in [3.8, 4) is 16.9 Å². The summed E-state index contributed by atoms with van der Waals surface area (Å²) in [7, 11) is 0. The second kappa shape index (κ2) is 9.19. The van der Waals surface area contributed by atoms with E-state index in [1.165, 1.54) is 0 Å². The van der Waals surface area contributed by atoms with Gasteiger partial charge in [-0.05, 0) is 26.0 Å². The van der Waals surface area contributed by atoms with Crippen LogP contribution in [-0.2, 0) is 4.74 Å². The van der Waals surface area contributed by atoms with Crippen molar-refractivity contribution in [2.45, 2.75) is 13.8 Å². The standard InChI is InChI=1S/C21H28N8O/c1-3-30-9-8-27-4-6-28(7-5-27)19-10-17(12-23-14-19)20-15-29(26-25-20)21-11-18(22)13-24-16(21)2/h10-15H,3-9,22H2,1-2H3. The molecule has 0 aromatic carbocycles. The first-order chi connectivity index (χ1) is 14.6. The summed E-state index contributed by atoms with van der Waals surface area (Å²) in [6, 6.07) is 3.97. The van der Waals surface area contributed by atoms with Crippen molar-refractivity contribution < 1.29 is 4.74 Å². The molecule has 0 bridgehead atoms. The van der Waals surface area contributed by atoms with E-state index in [1.54, 1.807) is 10.9 Å². The number of anilines is 2. The number of nitrogen functional groups attached to an aromatic ring is 1. The van der Waals surface area contributed by atoms with Gasteiger partial charge in [0.05, 0.1) is 48.0 Å². The number of hydrogen-bond acceptors (Lipinski definition) is 8. The van der Waals surface area contributed by atoms with Gasteiger partial charge in [-0.15, -0.1) is 5.10 Å². The Hall–Kier alpha value is -3.04. The number of pyridine rings is 2. The molecule has 0 saturated carbocycles. The van der Waals surface area contributed by atoms with Gasteiger partial charge in [-0.1, -0.05) is 5.21 Å². The molecule has 3 aromatic heterocycles. The van der Waals surface area contributed by atoms with Crippen molar-refractivity contribution in [1.82, 2.24) is 29.9 Å².